The Labute approximate surface area is 118 Å². The predicted molar refractivity (Wildman–Crippen MR) is 76.3 cm³/mol. The van der Waals surface area contributed by atoms with Crippen molar-refractivity contribution in [2.24, 2.45) is 5.41 Å². The Balaban J connectivity index is 1.93. The number of nitrogens with zero attached hydrogens (tertiary/aromatic N) is 5. The third-order valence-electron chi connectivity index (χ3n) is 3.17. The quantitative estimate of drug-likeness (QED) is 0.871. The van der Waals surface area contributed by atoms with Crippen molar-refractivity contribution in [2.75, 3.05) is 11.9 Å². The van der Waals surface area contributed by atoms with Crippen LogP contribution in [0.3, 0.4) is 0 Å². The molecule has 1 N–H and O–H groups in total. The molecule has 0 aliphatic heterocycles. The topological polar surface area (TPSA) is 79.4 Å². The van der Waals surface area contributed by atoms with Crippen LogP contribution in [0.2, 0.25) is 0 Å². The van der Waals surface area contributed by atoms with Crippen molar-refractivity contribution >= 4 is 5.69 Å². The second-order valence-electron chi connectivity index (χ2n) is 5.48. The summed E-state index contributed by atoms with van der Waals surface area (Å²) in [4.78, 5) is 0. The summed E-state index contributed by atoms with van der Waals surface area (Å²) < 4.78 is 1.61. The van der Waals surface area contributed by atoms with Gasteiger partial charge in [-0.05, 0) is 46.5 Å². The first-order valence-electron chi connectivity index (χ1n) is 6.55. The summed E-state index contributed by atoms with van der Waals surface area (Å²) in [7, 11) is 0. The highest BCUT2D eigenvalue weighted by molar-refractivity contribution is 5.48. The fourth-order valence-electron chi connectivity index (χ4n) is 1.84. The van der Waals surface area contributed by atoms with E-state index < -0.39 is 0 Å². The van der Waals surface area contributed by atoms with Crippen LogP contribution < -0.4 is 5.32 Å². The summed E-state index contributed by atoms with van der Waals surface area (Å²) in [6.07, 6.45) is 3.04. The van der Waals surface area contributed by atoms with E-state index in [0.29, 0.717) is 6.42 Å². The van der Waals surface area contributed by atoms with Crippen molar-refractivity contribution in [1.29, 1.82) is 5.26 Å². The average molecular weight is 270 g/mol. The molecule has 0 spiro atoms. The first kappa shape index (κ1) is 14.0. The minimum Gasteiger partial charge on any atom is -0.385 e. The summed E-state index contributed by atoms with van der Waals surface area (Å²) in [5, 5.41) is 23.1. The van der Waals surface area contributed by atoms with Gasteiger partial charge in [0.15, 0.2) is 0 Å². The fourth-order valence-corrected chi connectivity index (χ4v) is 1.84. The molecule has 0 aliphatic rings. The van der Waals surface area contributed by atoms with Gasteiger partial charge >= 0.3 is 0 Å². The molecule has 0 atom stereocenters. The maximum absolute atomic E-state index is 8.65. The van der Waals surface area contributed by atoms with E-state index >= 15 is 0 Å². The van der Waals surface area contributed by atoms with E-state index in [2.05, 4.69) is 40.8 Å². The van der Waals surface area contributed by atoms with Crippen molar-refractivity contribution in [2.45, 2.75) is 26.7 Å². The van der Waals surface area contributed by atoms with Crippen molar-refractivity contribution in [3.8, 4) is 11.8 Å². The van der Waals surface area contributed by atoms with Gasteiger partial charge in [0.25, 0.3) is 0 Å². The lowest BCUT2D eigenvalue weighted by Crippen LogP contribution is -2.22. The van der Waals surface area contributed by atoms with E-state index in [9.17, 15) is 0 Å². The number of anilines is 1. The normalized spacial score (nSPS) is 11.1. The molecule has 0 unspecified atom stereocenters. The van der Waals surface area contributed by atoms with Crippen LogP contribution in [0.5, 0.6) is 0 Å². The number of rotatable bonds is 6. The zero-order valence-corrected chi connectivity index (χ0v) is 11.7. The van der Waals surface area contributed by atoms with Crippen molar-refractivity contribution in [3.05, 3.63) is 30.6 Å². The first-order chi connectivity index (χ1) is 9.61. The summed E-state index contributed by atoms with van der Waals surface area (Å²) in [6.45, 7) is 5.15. The third-order valence-corrected chi connectivity index (χ3v) is 3.17. The Kier molecular flexibility index (Phi) is 4.31. The van der Waals surface area contributed by atoms with Crippen LogP contribution in [0.4, 0.5) is 5.69 Å². The number of aromatic nitrogens is 4. The van der Waals surface area contributed by atoms with Gasteiger partial charge in [-0.25, -0.2) is 4.68 Å². The Bertz CT molecular complexity index is 565. The monoisotopic (exact) mass is 270 g/mol. The largest absolute Gasteiger partial charge is 0.385 e. The number of hydrogen-bond donors (Lipinski definition) is 1. The number of nitriles is 1. The van der Waals surface area contributed by atoms with Gasteiger partial charge in [-0.1, -0.05) is 13.8 Å². The van der Waals surface area contributed by atoms with E-state index in [1.807, 2.05) is 24.3 Å². The zero-order chi connectivity index (χ0) is 14.4. The minimum atomic E-state index is 0.101. The molecule has 0 saturated carbocycles. The Morgan fingerprint density at radius 1 is 1.30 bits per heavy atom. The number of tetrazole rings is 1. The molecule has 0 saturated heterocycles. The van der Waals surface area contributed by atoms with Crippen LogP contribution in [0, 0.1) is 16.7 Å². The zero-order valence-electron chi connectivity index (χ0n) is 11.7. The van der Waals surface area contributed by atoms with Crippen LogP contribution >= 0.6 is 0 Å². The first-order valence-corrected chi connectivity index (χ1v) is 6.55. The van der Waals surface area contributed by atoms with Crippen LogP contribution in [-0.4, -0.2) is 26.8 Å². The van der Waals surface area contributed by atoms with E-state index in [-0.39, 0.29) is 5.41 Å². The van der Waals surface area contributed by atoms with Crippen LogP contribution in [0.1, 0.15) is 26.7 Å². The van der Waals surface area contributed by atoms with Gasteiger partial charge in [0.1, 0.15) is 6.33 Å². The molecule has 20 heavy (non-hydrogen) atoms. The van der Waals surface area contributed by atoms with E-state index in [4.69, 9.17) is 5.26 Å². The highest BCUT2D eigenvalue weighted by Crippen LogP contribution is 2.23. The second-order valence-corrected chi connectivity index (χ2v) is 5.48. The smallest absolute Gasteiger partial charge is 0.143 e. The number of hydrogen-bond acceptors (Lipinski definition) is 5. The molecule has 104 valence electrons. The Morgan fingerprint density at radius 2 is 2.05 bits per heavy atom. The molecule has 2 rings (SSSR count). The summed E-state index contributed by atoms with van der Waals surface area (Å²) in [5.74, 6) is 0. The van der Waals surface area contributed by atoms with E-state index in [0.717, 1.165) is 24.3 Å². The average Bonchev–Trinajstić information content (AvgIpc) is 2.98. The highest BCUT2D eigenvalue weighted by atomic mass is 15.5. The summed E-state index contributed by atoms with van der Waals surface area (Å²) in [5.41, 5.74) is 2.07. The SMILES string of the molecule is CC(C)(CCC#N)CNc1ccc(-n2cnnn2)cc1. The molecule has 1 aromatic carbocycles. The lowest BCUT2D eigenvalue weighted by atomic mass is 9.88. The molecule has 1 aromatic heterocycles. The Hall–Kier alpha value is -2.42. The van der Waals surface area contributed by atoms with Crippen LogP contribution in [0.25, 0.3) is 5.69 Å². The standard InChI is InChI=1S/C14H18N6/c1-14(2,8-3-9-15)10-16-12-4-6-13(7-5-12)20-11-17-18-19-20/h4-7,11,16H,3,8,10H2,1-2H3. The number of benzene rings is 1. The van der Waals surface area contributed by atoms with E-state index in [1.54, 1.807) is 11.0 Å². The molecule has 6 heteroatoms. The van der Waals surface area contributed by atoms with Crippen molar-refractivity contribution < 1.29 is 0 Å². The van der Waals surface area contributed by atoms with Gasteiger partial charge in [0.2, 0.25) is 0 Å². The van der Waals surface area contributed by atoms with Crippen molar-refractivity contribution in [3.63, 3.8) is 0 Å². The molecule has 6 nitrogen and oxygen atoms in total. The molecular weight excluding hydrogens is 252 g/mol. The second kappa shape index (κ2) is 6.15. The van der Waals surface area contributed by atoms with Gasteiger partial charge < -0.3 is 5.32 Å². The van der Waals surface area contributed by atoms with Gasteiger partial charge in [-0.15, -0.1) is 5.10 Å². The van der Waals surface area contributed by atoms with Crippen molar-refractivity contribution in [1.82, 2.24) is 20.2 Å². The number of nitrogens with one attached hydrogen (secondary N) is 1. The minimum absolute atomic E-state index is 0.101. The van der Waals surface area contributed by atoms with Gasteiger partial charge in [0, 0.05) is 18.7 Å². The maximum Gasteiger partial charge on any atom is 0.143 e. The van der Waals surface area contributed by atoms with Gasteiger partial charge in [-0.2, -0.15) is 5.26 Å². The highest BCUT2D eigenvalue weighted by Gasteiger charge is 2.16. The lowest BCUT2D eigenvalue weighted by Gasteiger charge is -2.24. The lowest BCUT2D eigenvalue weighted by molar-refractivity contribution is 0.364. The van der Waals surface area contributed by atoms with Crippen LogP contribution in [0.15, 0.2) is 30.6 Å². The molecular formula is C14H18N6. The summed E-state index contributed by atoms with van der Waals surface area (Å²) in [6, 6.07) is 10.1. The molecule has 0 amide bonds. The molecule has 2 aromatic rings. The summed E-state index contributed by atoms with van der Waals surface area (Å²) >= 11 is 0. The predicted octanol–water partition coefficient (Wildman–Crippen LogP) is 2.40. The molecule has 0 radical (unpaired) electrons. The molecule has 0 fully saturated rings. The molecule has 0 bridgehead atoms. The van der Waals surface area contributed by atoms with Gasteiger partial charge in [0.05, 0.1) is 11.8 Å². The third kappa shape index (κ3) is 3.79. The molecule has 1 heterocycles. The maximum atomic E-state index is 8.65. The van der Waals surface area contributed by atoms with Crippen LogP contribution in [-0.2, 0) is 0 Å². The molecule has 0 aliphatic carbocycles. The van der Waals surface area contributed by atoms with Gasteiger partial charge in [-0.3, -0.25) is 0 Å². The van der Waals surface area contributed by atoms with E-state index in [1.165, 1.54) is 0 Å². The Morgan fingerprint density at radius 3 is 2.65 bits per heavy atom. The fraction of sp³-hybridized carbons (Fsp3) is 0.429.